The number of ether oxygens (including phenoxy) is 2. The number of carbonyl (C=O) groups is 1. The number of methoxy groups -OCH3 is 1. The van der Waals surface area contributed by atoms with Gasteiger partial charge in [-0.1, -0.05) is 23.7 Å². The zero-order chi connectivity index (χ0) is 18.4. The van der Waals surface area contributed by atoms with Crippen LogP contribution in [0.2, 0.25) is 5.02 Å². The molecule has 0 fully saturated rings. The second-order valence-corrected chi connectivity index (χ2v) is 5.86. The van der Waals surface area contributed by atoms with Crippen molar-refractivity contribution in [2.45, 2.75) is 26.1 Å². The molecule has 7 heteroatoms. The van der Waals surface area contributed by atoms with Crippen LogP contribution < -0.4 is 14.8 Å². The molecule has 0 amide bonds. The van der Waals surface area contributed by atoms with Crippen molar-refractivity contribution in [2.75, 3.05) is 7.11 Å². The molecule has 1 unspecified atom stereocenters. The van der Waals surface area contributed by atoms with Crippen molar-refractivity contribution >= 4 is 17.6 Å². The van der Waals surface area contributed by atoms with Crippen LogP contribution in [0.3, 0.4) is 0 Å². The lowest BCUT2D eigenvalue weighted by molar-refractivity contribution is -0.139. The van der Waals surface area contributed by atoms with Crippen molar-refractivity contribution in [3.05, 3.63) is 58.4 Å². The van der Waals surface area contributed by atoms with E-state index in [1.807, 2.05) is 6.07 Å². The standard InChI is InChI=1S/C18H19ClFNO4/c1-11(18(22)23)21-9-12-3-6-16(17(7-12)24-2)25-10-13-4-5-14(20)8-15(13)19/h3-8,11,21H,9-10H2,1-2H3,(H,22,23). The number of aliphatic carboxylic acids is 1. The first kappa shape index (κ1) is 19.0. The maximum absolute atomic E-state index is 13.1. The van der Waals surface area contributed by atoms with Crippen LogP contribution in [0.4, 0.5) is 4.39 Å². The largest absolute Gasteiger partial charge is 0.493 e. The molecule has 5 nitrogen and oxygen atoms in total. The topological polar surface area (TPSA) is 67.8 Å². The molecule has 2 aromatic carbocycles. The third-order valence-corrected chi connectivity index (χ3v) is 3.96. The average Bonchev–Trinajstić information content (AvgIpc) is 2.59. The Kier molecular flexibility index (Phi) is 6.61. The molecule has 0 radical (unpaired) electrons. The van der Waals surface area contributed by atoms with E-state index >= 15 is 0 Å². The first-order chi connectivity index (χ1) is 11.9. The quantitative estimate of drug-likeness (QED) is 0.745. The highest BCUT2D eigenvalue weighted by Gasteiger charge is 2.11. The fraction of sp³-hybridized carbons (Fsp3) is 0.278. The number of halogens is 2. The Bertz CT molecular complexity index is 754. The summed E-state index contributed by atoms with van der Waals surface area (Å²) in [6.45, 7) is 2.13. The molecular weight excluding hydrogens is 349 g/mol. The minimum absolute atomic E-state index is 0.170. The lowest BCUT2D eigenvalue weighted by Gasteiger charge is -2.14. The number of benzene rings is 2. The Balaban J connectivity index is 2.04. The van der Waals surface area contributed by atoms with Gasteiger partial charge in [-0.3, -0.25) is 4.79 Å². The van der Waals surface area contributed by atoms with E-state index in [0.717, 1.165) is 5.56 Å². The van der Waals surface area contributed by atoms with Crippen LogP contribution in [0.15, 0.2) is 36.4 Å². The number of nitrogens with one attached hydrogen (secondary N) is 1. The van der Waals surface area contributed by atoms with Crippen molar-refractivity contribution < 1.29 is 23.8 Å². The molecule has 25 heavy (non-hydrogen) atoms. The Morgan fingerprint density at radius 3 is 2.68 bits per heavy atom. The Labute approximate surface area is 150 Å². The van der Waals surface area contributed by atoms with Crippen molar-refractivity contribution in [1.29, 1.82) is 0 Å². The van der Waals surface area contributed by atoms with Gasteiger partial charge in [0.15, 0.2) is 11.5 Å². The summed E-state index contributed by atoms with van der Waals surface area (Å²) >= 11 is 5.98. The first-order valence-electron chi connectivity index (χ1n) is 7.60. The predicted octanol–water partition coefficient (Wildman–Crippen LogP) is 3.63. The maximum atomic E-state index is 13.1. The SMILES string of the molecule is COc1cc(CNC(C)C(=O)O)ccc1OCc1ccc(F)cc1Cl. The smallest absolute Gasteiger partial charge is 0.320 e. The van der Waals surface area contributed by atoms with Crippen LogP contribution in [-0.4, -0.2) is 24.2 Å². The zero-order valence-electron chi connectivity index (χ0n) is 13.9. The summed E-state index contributed by atoms with van der Waals surface area (Å²) in [6, 6.07) is 8.78. The minimum atomic E-state index is -0.914. The molecule has 0 bridgehead atoms. The summed E-state index contributed by atoms with van der Waals surface area (Å²) in [5.41, 5.74) is 1.52. The third-order valence-electron chi connectivity index (χ3n) is 3.61. The summed E-state index contributed by atoms with van der Waals surface area (Å²) in [7, 11) is 1.52. The van der Waals surface area contributed by atoms with E-state index in [-0.39, 0.29) is 6.61 Å². The molecule has 0 aliphatic carbocycles. The van der Waals surface area contributed by atoms with Gasteiger partial charge in [0.05, 0.1) is 12.1 Å². The molecule has 2 rings (SSSR count). The second-order valence-electron chi connectivity index (χ2n) is 5.45. The molecule has 0 saturated heterocycles. The minimum Gasteiger partial charge on any atom is -0.493 e. The molecule has 1 atom stereocenters. The molecule has 0 aliphatic rings. The van der Waals surface area contributed by atoms with Gasteiger partial charge in [-0.05, 0) is 36.8 Å². The fourth-order valence-electron chi connectivity index (χ4n) is 2.09. The first-order valence-corrected chi connectivity index (χ1v) is 7.98. The van der Waals surface area contributed by atoms with E-state index in [0.29, 0.717) is 28.6 Å². The fourth-order valence-corrected chi connectivity index (χ4v) is 2.32. The molecule has 134 valence electrons. The second kappa shape index (κ2) is 8.69. The zero-order valence-corrected chi connectivity index (χ0v) is 14.6. The predicted molar refractivity (Wildman–Crippen MR) is 92.7 cm³/mol. The normalized spacial score (nSPS) is 11.8. The van der Waals surface area contributed by atoms with E-state index in [2.05, 4.69) is 5.32 Å². The van der Waals surface area contributed by atoms with E-state index in [4.69, 9.17) is 26.2 Å². The van der Waals surface area contributed by atoms with Crippen LogP contribution in [0.25, 0.3) is 0 Å². The van der Waals surface area contributed by atoms with Crippen LogP contribution in [0, 0.1) is 5.82 Å². The van der Waals surface area contributed by atoms with Crippen molar-refractivity contribution in [3.63, 3.8) is 0 Å². The van der Waals surface area contributed by atoms with Gasteiger partial charge in [0.2, 0.25) is 0 Å². The van der Waals surface area contributed by atoms with E-state index in [1.54, 1.807) is 25.1 Å². The van der Waals surface area contributed by atoms with Crippen molar-refractivity contribution in [2.24, 2.45) is 0 Å². The summed E-state index contributed by atoms with van der Waals surface area (Å²) in [6.07, 6.45) is 0. The van der Waals surface area contributed by atoms with Gasteiger partial charge in [-0.2, -0.15) is 0 Å². The van der Waals surface area contributed by atoms with Gasteiger partial charge >= 0.3 is 5.97 Å². The van der Waals surface area contributed by atoms with Gasteiger partial charge in [0.1, 0.15) is 18.5 Å². The van der Waals surface area contributed by atoms with Crippen LogP contribution in [0.1, 0.15) is 18.1 Å². The molecule has 0 aliphatic heterocycles. The van der Waals surface area contributed by atoms with Gasteiger partial charge in [-0.25, -0.2) is 4.39 Å². The monoisotopic (exact) mass is 367 g/mol. The number of rotatable bonds is 8. The van der Waals surface area contributed by atoms with E-state index < -0.39 is 17.8 Å². The molecule has 2 N–H and O–H groups in total. The Morgan fingerprint density at radius 2 is 2.04 bits per heavy atom. The number of carboxylic acid groups (broad SMARTS) is 1. The number of carboxylic acids is 1. The lowest BCUT2D eigenvalue weighted by Crippen LogP contribution is -2.33. The van der Waals surface area contributed by atoms with Gasteiger partial charge in [-0.15, -0.1) is 0 Å². The number of hydrogen-bond acceptors (Lipinski definition) is 4. The van der Waals surface area contributed by atoms with Crippen LogP contribution in [0.5, 0.6) is 11.5 Å². The van der Waals surface area contributed by atoms with Gasteiger partial charge in [0, 0.05) is 12.1 Å². The summed E-state index contributed by atoms with van der Waals surface area (Å²) in [4.78, 5) is 10.8. The molecule has 2 aromatic rings. The van der Waals surface area contributed by atoms with E-state index in [9.17, 15) is 9.18 Å². The van der Waals surface area contributed by atoms with Gasteiger partial charge < -0.3 is 19.9 Å². The molecule has 0 spiro atoms. The highest BCUT2D eigenvalue weighted by atomic mass is 35.5. The maximum Gasteiger partial charge on any atom is 0.320 e. The van der Waals surface area contributed by atoms with Crippen LogP contribution >= 0.6 is 11.6 Å². The van der Waals surface area contributed by atoms with Crippen molar-refractivity contribution in [1.82, 2.24) is 5.32 Å². The van der Waals surface area contributed by atoms with Gasteiger partial charge in [0.25, 0.3) is 0 Å². The Hall–Kier alpha value is -2.31. The van der Waals surface area contributed by atoms with E-state index in [1.165, 1.54) is 19.2 Å². The molecule has 0 saturated carbocycles. The third kappa shape index (κ3) is 5.34. The molecular formula is C18H19ClFNO4. The highest BCUT2D eigenvalue weighted by molar-refractivity contribution is 6.31. The van der Waals surface area contributed by atoms with Crippen LogP contribution in [-0.2, 0) is 17.9 Å². The summed E-state index contributed by atoms with van der Waals surface area (Å²) < 4.78 is 24.1. The average molecular weight is 368 g/mol. The molecule has 0 aromatic heterocycles. The van der Waals surface area contributed by atoms with Crippen molar-refractivity contribution in [3.8, 4) is 11.5 Å². The number of hydrogen-bond donors (Lipinski definition) is 2. The summed E-state index contributed by atoms with van der Waals surface area (Å²) in [5, 5.41) is 12.1. The lowest BCUT2D eigenvalue weighted by atomic mass is 10.2. The Morgan fingerprint density at radius 1 is 1.28 bits per heavy atom. The molecule has 0 heterocycles. The summed E-state index contributed by atoms with van der Waals surface area (Å²) in [5.74, 6) is -0.291. The highest BCUT2D eigenvalue weighted by Crippen LogP contribution is 2.29.